The van der Waals surface area contributed by atoms with Crippen LogP contribution in [0.15, 0.2) is 140 Å². The standard InChI is InChI=1S/C44H28N4/c45-27-29-21-22-39-38-16-6-10-20-43(38)48(44(39)25-29)42-19-9-3-13-35(42)34-12-2-1-11-33(34)31-23-30(28-46)24-32(26-31)47-40-17-7-4-14-36(40)37-15-5-8-18-41(37)47/h1-4,6-14,16-26H,5,15H2. The van der Waals surface area contributed by atoms with Gasteiger partial charge in [-0.15, -0.1) is 0 Å². The smallest absolute Gasteiger partial charge is 0.0992 e. The number of nitriles is 2. The Morgan fingerprint density at radius 3 is 2.00 bits per heavy atom. The topological polar surface area (TPSA) is 57.4 Å². The zero-order valence-electron chi connectivity index (χ0n) is 26.1. The molecule has 0 saturated heterocycles. The van der Waals surface area contributed by atoms with E-state index < -0.39 is 0 Å². The molecule has 0 fully saturated rings. The quantitative estimate of drug-likeness (QED) is 0.199. The van der Waals surface area contributed by atoms with Gasteiger partial charge < -0.3 is 9.13 Å². The second-order valence-corrected chi connectivity index (χ2v) is 12.3. The van der Waals surface area contributed by atoms with Crippen LogP contribution < -0.4 is 0 Å². The van der Waals surface area contributed by atoms with E-state index in [9.17, 15) is 10.5 Å². The molecule has 9 rings (SSSR count). The number of nitrogens with zero attached hydrogens (tertiary/aromatic N) is 4. The minimum Gasteiger partial charge on any atom is -0.310 e. The SMILES string of the molecule is N#Cc1cc(-c2ccccc2-c2ccccc2-n2c3ccccc3c3ccc(C#N)cc32)cc(-n2c3c(c4ccccc42)CCC=C3)c1. The van der Waals surface area contributed by atoms with Crippen molar-refractivity contribution in [1.82, 2.24) is 9.13 Å². The van der Waals surface area contributed by atoms with Crippen molar-refractivity contribution in [2.75, 3.05) is 0 Å². The molecule has 224 valence electrons. The second-order valence-electron chi connectivity index (χ2n) is 12.3. The van der Waals surface area contributed by atoms with Gasteiger partial charge in [0, 0.05) is 33.1 Å². The Kier molecular flexibility index (Phi) is 6.35. The zero-order valence-corrected chi connectivity index (χ0v) is 26.1. The number of allylic oxidation sites excluding steroid dienone is 1. The number of aromatic nitrogens is 2. The van der Waals surface area contributed by atoms with Gasteiger partial charge in [0.1, 0.15) is 0 Å². The number of hydrogen-bond donors (Lipinski definition) is 0. The Hall–Kier alpha value is -6.62. The van der Waals surface area contributed by atoms with Crippen LogP contribution in [0.3, 0.4) is 0 Å². The lowest BCUT2D eigenvalue weighted by atomic mass is 9.92. The van der Waals surface area contributed by atoms with Gasteiger partial charge in [0.15, 0.2) is 0 Å². The van der Waals surface area contributed by atoms with Crippen LogP contribution in [0.4, 0.5) is 0 Å². The monoisotopic (exact) mass is 612 g/mol. The molecule has 0 N–H and O–H groups in total. The molecule has 0 amide bonds. The molecule has 0 aliphatic heterocycles. The van der Waals surface area contributed by atoms with Gasteiger partial charge in [0.25, 0.3) is 0 Å². The molecule has 0 atom stereocenters. The van der Waals surface area contributed by atoms with Gasteiger partial charge in [-0.05, 0) is 89.7 Å². The van der Waals surface area contributed by atoms with E-state index in [0.29, 0.717) is 11.1 Å². The second kappa shape index (κ2) is 11.0. The van der Waals surface area contributed by atoms with Gasteiger partial charge >= 0.3 is 0 Å². The summed E-state index contributed by atoms with van der Waals surface area (Å²) in [4.78, 5) is 0. The highest BCUT2D eigenvalue weighted by Gasteiger charge is 2.21. The predicted molar refractivity (Wildman–Crippen MR) is 195 cm³/mol. The molecule has 0 spiro atoms. The summed E-state index contributed by atoms with van der Waals surface area (Å²) >= 11 is 0. The maximum atomic E-state index is 10.3. The first-order valence-electron chi connectivity index (χ1n) is 16.2. The number of rotatable bonds is 4. The lowest BCUT2D eigenvalue weighted by Crippen LogP contribution is -2.02. The normalized spacial score (nSPS) is 12.3. The molecule has 8 aromatic rings. The molecule has 6 aromatic carbocycles. The molecule has 2 heterocycles. The average molecular weight is 613 g/mol. The number of aryl methyl sites for hydroxylation is 1. The molecule has 2 aromatic heterocycles. The van der Waals surface area contributed by atoms with Crippen molar-refractivity contribution in [3.05, 3.63) is 162 Å². The van der Waals surface area contributed by atoms with Crippen LogP contribution in [-0.2, 0) is 6.42 Å². The number of fused-ring (bicyclic) bond motifs is 6. The molecular weight excluding hydrogens is 585 g/mol. The van der Waals surface area contributed by atoms with E-state index in [0.717, 1.165) is 73.8 Å². The van der Waals surface area contributed by atoms with Gasteiger partial charge in [-0.1, -0.05) is 91.0 Å². The van der Waals surface area contributed by atoms with Crippen LogP contribution in [0.5, 0.6) is 0 Å². The highest BCUT2D eigenvalue weighted by Crippen LogP contribution is 2.41. The highest BCUT2D eigenvalue weighted by atomic mass is 15.0. The summed E-state index contributed by atoms with van der Waals surface area (Å²) in [5.74, 6) is 0. The van der Waals surface area contributed by atoms with Crippen LogP contribution in [-0.4, -0.2) is 9.13 Å². The first-order valence-corrected chi connectivity index (χ1v) is 16.2. The highest BCUT2D eigenvalue weighted by molar-refractivity contribution is 6.10. The molecular formula is C44H28N4. The Morgan fingerprint density at radius 2 is 1.19 bits per heavy atom. The first kappa shape index (κ1) is 27.7. The van der Waals surface area contributed by atoms with Gasteiger partial charge in [0.2, 0.25) is 0 Å². The number of hydrogen-bond acceptors (Lipinski definition) is 2. The summed E-state index contributed by atoms with van der Waals surface area (Å²) in [6.45, 7) is 0. The molecule has 0 bridgehead atoms. The molecule has 1 aliphatic rings. The predicted octanol–water partition coefficient (Wildman–Crippen LogP) is 10.8. The lowest BCUT2D eigenvalue weighted by Gasteiger charge is -2.18. The van der Waals surface area contributed by atoms with Crippen molar-refractivity contribution < 1.29 is 0 Å². The van der Waals surface area contributed by atoms with E-state index in [1.165, 1.54) is 16.6 Å². The van der Waals surface area contributed by atoms with E-state index in [-0.39, 0.29) is 0 Å². The van der Waals surface area contributed by atoms with E-state index in [2.05, 4.69) is 143 Å². The molecule has 0 unspecified atom stereocenters. The largest absolute Gasteiger partial charge is 0.310 e. The summed E-state index contributed by atoms with van der Waals surface area (Å²) in [5, 5.41) is 23.6. The van der Waals surface area contributed by atoms with Crippen molar-refractivity contribution in [1.29, 1.82) is 10.5 Å². The van der Waals surface area contributed by atoms with Gasteiger partial charge in [-0.25, -0.2) is 0 Å². The molecule has 1 aliphatic carbocycles. The Balaban J connectivity index is 1.29. The minimum atomic E-state index is 0.614. The molecule has 0 saturated carbocycles. The molecule has 4 nitrogen and oxygen atoms in total. The number of benzene rings is 6. The third kappa shape index (κ3) is 4.21. The van der Waals surface area contributed by atoms with E-state index >= 15 is 0 Å². The maximum absolute atomic E-state index is 10.3. The fourth-order valence-corrected chi connectivity index (χ4v) is 7.59. The molecule has 4 heteroatoms. The Morgan fingerprint density at radius 1 is 0.521 bits per heavy atom. The molecule has 48 heavy (non-hydrogen) atoms. The van der Waals surface area contributed by atoms with Gasteiger partial charge in [-0.3, -0.25) is 0 Å². The van der Waals surface area contributed by atoms with Crippen molar-refractivity contribution in [3.63, 3.8) is 0 Å². The van der Waals surface area contributed by atoms with Crippen LogP contribution in [0.1, 0.15) is 28.8 Å². The van der Waals surface area contributed by atoms with E-state index in [4.69, 9.17) is 0 Å². The van der Waals surface area contributed by atoms with Crippen LogP contribution in [0.25, 0.3) is 72.4 Å². The Bertz CT molecular complexity index is 2700. The van der Waals surface area contributed by atoms with Crippen molar-refractivity contribution >= 4 is 38.8 Å². The lowest BCUT2D eigenvalue weighted by molar-refractivity contribution is 0.967. The summed E-state index contributed by atoms with van der Waals surface area (Å²) in [6.07, 6.45) is 6.50. The summed E-state index contributed by atoms with van der Waals surface area (Å²) in [5.41, 5.74) is 13.2. The van der Waals surface area contributed by atoms with Crippen molar-refractivity contribution in [2.45, 2.75) is 12.8 Å². The number of para-hydroxylation sites is 3. The third-order valence-electron chi connectivity index (χ3n) is 9.64. The van der Waals surface area contributed by atoms with Crippen molar-refractivity contribution in [2.24, 2.45) is 0 Å². The third-order valence-corrected chi connectivity index (χ3v) is 9.64. The molecule has 0 radical (unpaired) electrons. The van der Waals surface area contributed by atoms with Crippen LogP contribution in [0, 0.1) is 22.7 Å². The fourth-order valence-electron chi connectivity index (χ4n) is 7.59. The van der Waals surface area contributed by atoms with Crippen LogP contribution >= 0.6 is 0 Å². The zero-order chi connectivity index (χ0) is 32.2. The maximum Gasteiger partial charge on any atom is 0.0992 e. The van der Waals surface area contributed by atoms with Gasteiger partial charge in [0.05, 0.1) is 45.5 Å². The van der Waals surface area contributed by atoms with Crippen molar-refractivity contribution in [3.8, 4) is 45.8 Å². The summed E-state index contributed by atoms with van der Waals surface area (Å²) in [6, 6.07) is 50.8. The first-order chi connectivity index (χ1) is 23.7. The van der Waals surface area contributed by atoms with Gasteiger partial charge in [-0.2, -0.15) is 10.5 Å². The average Bonchev–Trinajstić information content (AvgIpc) is 3.67. The summed E-state index contributed by atoms with van der Waals surface area (Å²) in [7, 11) is 0. The van der Waals surface area contributed by atoms with E-state index in [1.807, 2.05) is 24.3 Å². The van der Waals surface area contributed by atoms with E-state index in [1.54, 1.807) is 0 Å². The fraction of sp³-hybridized carbons (Fsp3) is 0.0455. The minimum absolute atomic E-state index is 0.614. The summed E-state index contributed by atoms with van der Waals surface area (Å²) < 4.78 is 4.59. The Labute approximate surface area is 278 Å². The van der Waals surface area contributed by atoms with Crippen LogP contribution in [0.2, 0.25) is 0 Å².